The Hall–Kier alpha value is -0.650. The van der Waals surface area contributed by atoms with E-state index in [-0.39, 0.29) is 5.56 Å². The van der Waals surface area contributed by atoms with Gasteiger partial charge in [-0.15, -0.1) is 0 Å². The van der Waals surface area contributed by atoms with Crippen LogP contribution in [0, 0.1) is 11.6 Å². The molecule has 0 aliphatic heterocycles. The Kier molecular flexibility index (Phi) is 7.48. The van der Waals surface area contributed by atoms with Gasteiger partial charge in [0.05, 0.1) is 0 Å². The van der Waals surface area contributed by atoms with E-state index < -0.39 is 17.7 Å². The van der Waals surface area contributed by atoms with Gasteiger partial charge in [0.1, 0.15) is 0 Å². The van der Waals surface area contributed by atoms with E-state index in [0.29, 0.717) is 12.5 Å². The van der Waals surface area contributed by atoms with Crippen LogP contribution in [-0.4, -0.2) is 36.5 Å². The van der Waals surface area contributed by atoms with Gasteiger partial charge in [-0.05, 0) is 51.4 Å². The molecule has 5 heteroatoms. The van der Waals surface area contributed by atoms with Crippen LogP contribution in [0.25, 0.3) is 0 Å². The molecule has 1 aromatic rings. The zero-order valence-electron chi connectivity index (χ0n) is 12.4. The summed E-state index contributed by atoms with van der Waals surface area (Å²) < 4.78 is 26.8. The Morgan fingerprint density at radius 2 is 2.00 bits per heavy atom. The predicted octanol–water partition coefficient (Wildman–Crippen LogP) is 3.43. The van der Waals surface area contributed by atoms with E-state index in [2.05, 4.69) is 18.1 Å². The second-order valence-corrected chi connectivity index (χ2v) is 6.13. The lowest BCUT2D eigenvalue weighted by molar-refractivity contribution is 0.243. The molecule has 2 nitrogen and oxygen atoms in total. The van der Waals surface area contributed by atoms with E-state index in [1.54, 1.807) is 6.07 Å². The number of halogens is 2. The van der Waals surface area contributed by atoms with Crippen molar-refractivity contribution in [1.82, 2.24) is 4.90 Å². The second-order valence-electron chi connectivity index (χ2n) is 5.15. The van der Waals surface area contributed by atoms with E-state index in [9.17, 15) is 8.78 Å². The molecule has 0 saturated heterocycles. The zero-order valence-corrected chi connectivity index (χ0v) is 13.2. The van der Waals surface area contributed by atoms with Crippen molar-refractivity contribution in [2.24, 2.45) is 5.73 Å². The van der Waals surface area contributed by atoms with E-state index in [4.69, 9.17) is 5.73 Å². The van der Waals surface area contributed by atoms with Crippen molar-refractivity contribution in [3.05, 3.63) is 35.4 Å². The van der Waals surface area contributed by atoms with Gasteiger partial charge in [-0.3, -0.25) is 0 Å². The van der Waals surface area contributed by atoms with Crippen molar-refractivity contribution < 1.29 is 8.78 Å². The average molecular weight is 302 g/mol. The molecule has 2 unspecified atom stereocenters. The fraction of sp³-hybridized carbons (Fsp3) is 0.600. The maximum absolute atomic E-state index is 13.6. The van der Waals surface area contributed by atoms with Crippen LogP contribution >= 0.6 is 11.8 Å². The van der Waals surface area contributed by atoms with E-state index >= 15 is 0 Å². The van der Waals surface area contributed by atoms with Gasteiger partial charge < -0.3 is 10.6 Å². The van der Waals surface area contributed by atoms with Gasteiger partial charge >= 0.3 is 0 Å². The Morgan fingerprint density at radius 1 is 1.30 bits per heavy atom. The van der Waals surface area contributed by atoms with E-state index in [1.807, 2.05) is 18.8 Å². The summed E-state index contributed by atoms with van der Waals surface area (Å²) in [5.74, 6) is -0.534. The fourth-order valence-electron chi connectivity index (χ4n) is 2.03. The number of hydrogen-bond donors (Lipinski definition) is 1. The van der Waals surface area contributed by atoms with Gasteiger partial charge in [0.15, 0.2) is 11.6 Å². The second kappa shape index (κ2) is 8.60. The van der Waals surface area contributed by atoms with Crippen molar-refractivity contribution in [3.63, 3.8) is 0 Å². The molecule has 0 radical (unpaired) electrons. The highest BCUT2D eigenvalue weighted by Crippen LogP contribution is 2.20. The van der Waals surface area contributed by atoms with Gasteiger partial charge in [-0.25, -0.2) is 8.78 Å². The molecule has 0 aliphatic carbocycles. The summed E-state index contributed by atoms with van der Waals surface area (Å²) >= 11 is 1.83. The molecule has 0 bridgehead atoms. The molecule has 0 fully saturated rings. The van der Waals surface area contributed by atoms with Crippen LogP contribution in [-0.2, 0) is 0 Å². The third-order valence-corrected chi connectivity index (χ3v) is 4.31. The summed E-state index contributed by atoms with van der Waals surface area (Å²) in [6, 6.07) is 4.16. The molecular formula is C15H24F2N2S. The number of rotatable bonds is 8. The van der Waals surface area contributed by atoms with Gasteiger partial charge in [0.2, 0.25) is 0 Å². The van der Waals surface area contributed by atoms with Crippen LogP contribution in [0.3, 0.4) is 0 Å². The SMILES string of the molecule is CSCCC(C)N(C)CCC(N)c1cccc(F)c1F. The number of nitrogens with zero attached hydrogens (tertiary/aromatic N) is 1. The molecule has 0 saturated carbocycles. The predicted molar refractivity (Wildman–Crippen MR) is 83.0 cm³/mol. The van der Waals surface area contributed by atoms with Crippen LogP contribution < -0.4 is 5.73 Å². The maximum atomic E-state index is 13.6. The topological polar surface area (TPSA) is 29.3 Å². The molecule has 114 valence electrons. The molecule has 0 spiro atoms. The Bertz CT molecular complexity index is 415. The summed E-state index contributed by atoms with van der Waals surface area (Å²) in [6.07, 6.45) is 3.82. The minimum Gasteiger partial charge on any atom is -0.324 e. The normalized spacial score (nSPS) is 14.6. The quantitative estimate of drug-likeness (QED) is 0.798. The van der Waals surface area contributed by atoms with Crippen LogP contribution in [0.2, 0.25) is 0 Å². The highest BCUT2D eigenvalue weighted by Gasteiger charge is 2.16. The maximum Gasteiger partial charge on any atom is 0.163 e. The molecule has 2 atom stereocenters. The van der Waals surface area contributed by atoms with Crippen LogP contribution in [0.4, 0.5) is 8.78 Å². The van der Waals surface area contributed by atoms with Crippen LogP contribution in [0.1, 0.15) is 31.4 Å². The number of benzene rings is 1. The lowest BCUT2D eigenvalue weighted by Gasteiger charge is -2.26. The summed E-state index contributed by atoms with van der Waals surface area (Å²) in [6.45, 7) is 2.94. The first kappa shape index (κ1) is 17.4. The van der Waals surface area contributed by atoms with Crippen LogP contribution in [0.5, 0.6) is 0 Å². The first-order chi connectivity index (χ1) is 9.47. The Morgan fingerprint density at radius 3 is 2.65 bits per heavy atom. The Balaban J connectivity index is 2.50. The first-order valence-corrected chi connectivity index (χ1v) is 8.25. The number of hydrogen-bond acceptors (Lipinski definition) is 3. The van der Waals surface area contributed by atoms with Crippen molar-refractivity contribution in [2.45, 2.75) is 31.8 Å². The smallest absolute Gasteiger partial charge is 0.163 e. The molecule has 1 aromatic carbocycles. The molecule has 0 aromatic heterocycles. The first-order valence-electron chi connectivity index (χ1n) is 6.86. The monoisotopic (exact) mass is 302 g/mol. The number of nitrogens with two attached hydrogens (primary N) is 1. The minimum atomic E-state index is -0.834. The molecular weight excluding hydrogens is 278 g/mol. The molecule has 0 aliphatic rings. The molecule has 0 heterocycles. The lowest BCUT2D eigenvalue weighted by atomic mass is 10.0. The summed E-state index contributed by atoms with van der Waals surface area (Å²) in [5, 5.41) is 0. The summed E-state index contributed by atoms with van der Waals surface area (Å²) in [5.41, 5.74) is 6.24. The summed E-state index contributed by atoms with van der Waals surface area (Å²) in [7, 11) is 2.04. The largest absolute Gasteiger partial charge is 0.324 e. The van der Waals surface area contributed by atoms with Crippen molar-refractivity contribution in [3.8, 4) is 0 Å². The Labute approximate surface area is 124 Å². The van der Waals surface area contributed by atoms with Crippen LogP contribution in [0.15, 0.2) is 18.2 Å². The standard InChI is InChI=1S/C15H24F2N2S/c1-11(8-10-20-3)19(2)9-7-14(18)12-5-4-6-13(16)15(12)17/h4-6,11,14H,7-10,18H2,1-3H3. The minimum absolute atomic E-state index is 0.259. The van der Waals surface area contributed by atoms with Gasteiger partial charge in [-0.1, -0.05) is 12.1 Å². The van der Waals surface area contributed by atoms with E-state index in [0.717, 1.165) is 24.8 Å². The zero-order chi connectivity index (χ0) is 15.1. The average Bonchev–Trinajstić information content (AvgIpc) is 2.44. The molecule has 1 rings (SSSR count). The molecule has 20 heavy (non-hydrogen) atoms. The summed E-state index contributed by atoms with van der Waals surface area (Å²) in [4.78, 5) is 2.22. The number of thioether (sulfide) groups is 1. The van der Waals surface area contributed by atoms with Crippen molar-refractivity contribution >= 4 is 11.8 Å². The highest BCUT2D eigenvalue weighted by molar-refractivity contribution is 7.98. The third-order valence-electron chi connectivity index (χ3n) is 3.67. The van der Waals surface area contributed by atoms with Gasteiger partial charge in [-0.2, -0.15) is 11.8 Å². The third kappa shape index (κ3) is 5.04. The van der Waals surface area contributed by atoms with Crippen molar-refractivity contribution in [2.75, 3.05) is 25.6 Å². The fourth-order valence-corrected chi connectivity index (χ4v) is 2.61. The molecule has 2 N–H and O–H groups in total. The lowest BCUT2D eigenvalue weighted by Crippen LogP contribution is -2.32. The highest BCUT2D eigenvalue weighted by atomic mass is 32.2. The van der Waals surface area contributed by atoms with E-state index in [1.165, 1.54) is 6.07 Å². The van der Waals surface area contributed by atoms with Gasteiger partial charge in [0.25, 0.3) is 0 Å². The van der Waals surface area contributed by atoms with Gasteiger partial charge in [0, 0.05) is 17.6 Å². The van der Waals surface area contributed by atoms with Crippen molar-refractivity contribution in [1.29, 1.82) is 0 Å². The molecule has 0 amide bonds.